The number of hydrogen-bond acceptors (Lipinski definition) is 5. The van der Waals surface area contributed by atoms with Gasteiger partial charge in [0.05, 0.1) is 19.1 Å². The van der Waals surface area contributed by atoms with E-state index in [-0.39, 0.29) is 12.5 Å². The minimum absolute atomic E-state index is 0.136. The summed E-state index contributed by atoms with van der Waals surface area (Å²) in [5.41, 5.74) is 0.659. The second-order valence-electron chi connectivity index (χ2n) is 9.28. The summed E-state index contributed by atoms with van der Waals surface area (Å²) in [6.45, 7) is 7.13. The van der Waals surface area contributed by atoms with Gasteiger partial charge in [0.25, 0.3) is 0 Å². The van der Waals surface area contributed by atoms with Gasteiger partial charge >= 0.3 is 0 Å². The third-order valence-corrected chi connectivity index (χ3v) is 6.86. The number of ether oxygens (including phenoxy) is 1. The van der Waals surface area contributed by atoms with Crippen LogP contribution in [0.5, 0.6) is 5.75 Å². The molecule has 0 bridgehead atoms. The number of anilines is 1. The van der Waals surface area contributed by atoms with E-state index >= 15 is 0 Å². The van der Waals surface area contributed by atoms with Gasteiger partial charge in [-0.15, -0.1) is 0 Å². The molecule has 0 aliphatic heterocycles. The average molecular weight is 569 g/mol. The minimum Gasteiger partial charge on any atom is -0.497 e. The Labute approximate surface area is 216 Å². The van der Waals surface area contributed by atoms with Gasteiger partial charge in [-0.25, -0.2) is 8.42 Å². The van der Waals surface area contributed by atoms with Crippen molar-refractivity contribution in [2.24, 2.45) is 0 Å². The minimum atomic E-state index is -3.77. The number of rotatable bonds is 10. The fourth-order valence-electron chi connectivity index (χ4n) is 3.52. The maximum atomic E-state index is 13.6. The molecular formula is C25H34BrN3O5S. The maximum absolute atomic E-state index is 13.6. The van der Waals surface area contributed by atoms with E-state index in [1.165, 1.54) is 4.90 Å². The second kappa shape index (κ2) is 11.9. The summed E-state index contributed by atoms with van der Waals surface area (Å²) in [6, 6.07) is 13.1. The van der Waals surface area contributed by atoms with E-state index in [2.05, 4.69) is 21.2 Å². The number of hydrogen-bond donors (Lipinski definition) is 1. The van der Waals surface area contributed by atoms with Crippen LogP contribution in [0.3, 0.4) is 0 Å². The Balaban J connectivity index is 2.44. The molecule has 0 radical (unpaired) electrons. The van der Waals surface area contributed by atoms with E-state index in [9.17, 15) is 18.0 Å². The molecule has 1 atom stereocenters. The van der Waals surface area contributed by atoms with Crippen LogP contribution in [-0.4, -0.2) is 56.6 Å². The first-order valence-corrected chi connectivity index (χ1v) is 13.9. The standard InChI is InChI=1S/C25H34BrN3O5S/c1-7-22(24(31)27-25(2,3)4)28(16-18-8-14-21(34-5)15-9-18)23(30)17-29(35(6,32)33)20-12-10-19(26)11-13-20/h8-15,22H,7,16-17H2,1-6H3,(H,27,31)/t22-/m0/s1. The van der Waals surface area contributed by atoms with E-state index in [0.29, 0.717) is 17.9 Å². The molecule has 0 aliphatic rings. The summed E-state index contributed by atoms with van der Waals surface area (Å²) in [6.07, 6.45) is 1.42. The lowest BCUT2D eigenvalue weighted by Crippen LogP contribution is -2.55. The molecule has 2 rings (SSSR count). The Morgan fingerprint density at radius 3 is 2.09 bits per heavy atom. The van der Waals surface area contributed by atoms with Crippen molar-refractivity contribution >= 4 is 43.5 Å². The lowest BCUT2D eigenvalue weighted by atomic mass is 10.1. The molecule has 1 N–H and O–H groups in total. The molecule has 0 aliphatic carbocycles. The molecule has 0 heterocycles. The van der Waals surface area contributed by atoms with Crippen molar-refractivity contribution < 1.29 is 22.7 Å². The Morgan fingerprint density at radius 1 is 1.06 bits per heavy atom. The van der Waals surface area contributed by atoms with Crippen molar-refractivity contribution in [1.82, 2.24) is 10.2 Å². The van der Waals surface area contributed by atoms with Gasteiger partial charge in [-0.3, -0.25) is 13.9 Å². The van der Waals surface area contributed by atoms with E-state index in [4.69, 9.17) is 4.74 Å². The van der Waals surface area contributed by atoms with Gasteiger partial charge < -0.3 is 15.0 Å². The van der Waals surface area contributed by atoms with E-state index < -0.39 is 34.1 Å². The molecule has 0 fully saturated rings. The lowest BCUT2D eigenvalue weighted by Gasteiger charge is -2.34. The Bertz CT molecular complexity index is 1110. The number of nitrogens with one attached hydrogen (secondary N) is 1. The van der Waals surface area contributed by atoms with Crippen molar-refractivity contribution in [3.8, 4) is 5.75 Å². The molecule has 2 amide bonds. The summed E-state index contributed by atoms with van der Waals surface area (Å²) >= 11 is 3.34. The summed E-state index contributed by atoms with van der Waals surface area (Å²) in [4.78, 5) is 28.2. The van der Waals surface area contributed by atoms with Gasteiger partial charge in [0, 0.05) is 16.6 Å². The van der Waals surface area contributed by atoms with Crippen molar-refractivity contribution in [3.63, 3.8) is 0 Å². The zero-order valence-corrected chi connectivity index (χ0v) is 23.4. The fourth-order valence-corrected chi connectivity index (χ4v) is 4.64. The SMILES string of the molecule is CC[C@@H](C(=O)NC(C)(C)C)N(Cc1ccc(OC)cc1)C(=O)CN(c1ccc(Br)cc1)S(C)(=O)=O. The van der Waals surface area contributed by atoms with Gasteiger partial charge in [-0.1, -0.05) is 35.0 Å². The predicted octanol–water partition coefficient (Wildman–Crippen LogP) is 3.95. The summed E-state index contributed by atoms with van der Waals surface area (Å²) in [5, 5.41) is 2.94. The lowest BCUT2D eigenvalue weighted by molar-refractivity contribution is -0.141. The number of nitrogens with zero attached hydrogens (tertiary/aromatic N) is 2. The van der Waals surface area contributed by atoms with Crippen LogP contribution in [0.4, 0.5) is 5.69 Å². The highest BCUT2D eigenvalue weighted by atomic mass is 79.9. The Hall–Kier alpha value is -2.59. The van der Waals surface area contributed by atoms with Crippen LogP contribution < -0.4 is 14.4 Å². The monoisotopic (exact) mass is 567 g/mol. The second-order valence-corrected chi connectivity index (χ2v) is 12.1. The molecule has 0 saturated carbocycles. The molecule has 2 aromatic carbocycles. The number of methoxy groups -OCH3 is 1. The van der Waals surface area contributed by atoms with E-state index in [0.717, 1.165) is 20.6 Å². The number of halogens is 1. The third kappa shape index (κ3) is 8.54. The topological polar surface area (TPSA) is 96.0 Å². The van der Waals surface area contributed by atoms with Gasteiger partial charge in [-0.05, 0) is 69.2 Å². The Kier molecular flexibility index (Phi) is 9.74. The first-order valence-electron chi connectivity index (χ1n) is 11.2. The van der Waals surface area contributed by atoms with Crippen molar-refractivity contribution in [1.29, 1.82) is 0 Å². The van der Waals surface area contributed by atoms with Crippen LogP contribution in [0.15, 0.2) is 53.0 Å². The first kappa shape index (κ1) is 28.6. The summed E-state index contributed by atoms with van der Waals surface area (Å²) in [7, 11) is -2.20. The highest BCUT2D eigenvalue weighted by Crippen LogP contribution is 2.22. The zero-order valence-electron chi connectivity index (χ0n) is 21.0. The average Bonchev–Trinajstić information content (AvgIpc) is 2.76. The molecule has 192 valence electrons. The molecule has 0 unspecified atom stereocenters. The van der Waals surface area contributed by atoms with Crippen molar-refractivity contribution in [3.05, 3.63) is 58.6 Å². The van der Waals surface area contributed by atoms with Crippen LogP contribution in [-0.2, 0) is 26.2 Å². The third-order valence-electron chi connectivity index (χ3n) is 5.19. The maximum Gasteiger partial charge on any atom is 0.244 e. The largest absolute Gasteiger partial charge is 0.497 e. The fraction of sp³-hybridized carbons (Fsp3) is 0.440. The summed E-state index contributed by atoms with van der Waals surface area (Å²) < 4.78 is 32.3. The van der Waals surface area contributed by atoms with Gasteiger partial charge in [0.15, 0.2) is 0 Å². The predicted molar refractivity (Wildman–Crippen MR) is 142 cm³/mol. The van der Waals surface area contributed by atoms with Crippen LogP contribution in [0.1, 0.15) is 39.7 Å². The molecule has 0 spiro atoms. The van der Waals surface area contributed by atoms with Crippen molar-refractivity contribution in [2.45, 2.75) is 52.2 Å². The van der Waals surface area contributed by atoms with E-state index in [1.807, 2.05) is 39.8 Å². The van der Waals surface area contributed by atoms with Crippen LogP contribution in [0.2, 0.25) is 0 Å². The highest BCUT2D eigenvalue weighted by molar-refractivity contribution is 9.10. The number of amides is 2. The normalized spacial score (nSPS) is 12.5. The summed E-state index contributed by atoms with van der Waals surface area (Å²) in [5.74, 6) is -0.107. The van der Waals surface area contributed by atoms with Crippen molar-refractivity contribution in [2.75, 3.05) is 24.2 Å². The van der Waals surface area contributed by atoms with Gasteiger partial charge in [-0.2, -0.15) is 0 Å². The zero-order chi connectivity index (χ0) is 26.4. The Morgan fingerprint density at radius 2 is 1.63 bits per heavy atom. The number of benzene rings is 2. The quantitative estimate of drug-likeness (QED) is 0.469. The molecule has 10 heteroatoms. The van der Waals surface area contributed by atoms with Gasteiger partial charge in [0.1, 0.15) is 18.3 Å². The molecular weight excluding hydrogens is 534 g/mol. The first-order chi connectivity index (χ1) is 16.2. The smallest absolute Gasteiger partial charge is 0.244 e. The number of carbonyl (C=O) groups is 2. The van der Waals surface area contributed by atoms with Crippen LogP contribution in [0.25, 0.3) is 0 Å². The molecule has 2 aromatic rings. The molecule has 0 saturated heterocycles. The van der Waals surface area contributed by atoms with Gasteiger partial charge in [0.2, 0.25) is 21.8 Å². The van der Waals surface area contributed by atoms with Crippen LogP contribution in [0, 0.1) is 0 Å². The number of carbonyl (C=O) groups excluding carboxylic acids is 2. The van der Waals surface area contributed by atoms with Crippen LogP contribution >= 0.6 is 15.9 Å². The van der Waals surface area contributed by atoms with E-state index in [1.54, 1.807) is 43.5 Å². The molecule has 0 aromatic heterocycles. The molecule has 8 nitrogen and oxygen atoms in total. The molecule has 35 heavy (non-hydrogen) atoms. The number of sulfonamides is 1. The highest BCUT2D eigenvalue weighted by Gasteiger charge is 2.33.